The van der Waals surface area contributed by atoms with Gasteiger partial charge < -0.3 is 45.2 Å². The molecule has 1 aliphatic heterocycles. The lowest BCUT2D eigenvalue weighted by molar-refractivity contribution is -0.277. The van der Waals surface area contributed by atoms with Crippen molar-refractivity contribution < 1.29 is 54.8 Å². The predicted octanol–water partition coefficient (Wildman–Crippen LogP) is 3.38. The summed E-state index contributed by atoms with van der Waals surface area (Å²) in [5.74, 6) is -1.71. The Morgan fingerprint density at radius 1 is 0.766 bits per heavy atom. The van der Waals surface area contributed by atoms with Crippen LogP contribution in [0.4, 0.5) is 0 Å². The summed E-state index contributed by atoms with van der Waals surface area (Å²) in [6.45, 7) is -0.672. The van der Waals surface area contributed by atoms with Gasteiger partial charge in [-0.25, -0.2) is 0 Å². The molecule has 1 heterocycles. The van der Waals surface area contributed by atoms with E-state index in [-0.39, 0.29) is 29.3 Å². The Balaban J connectivity index is 0.000000261. The first-order chi connectivity index (χ1) is 22.6. The molecular formula is C36H36O11. The Hall–Kier alpha value is -5.04. The Morgan fingerprint density at radius 2 is 1.40 bits per heavy atom. The van der Waals surface area contributed by atoms with Crippen molar-refractivity contribution in [1.29, 1.82) is 0 Å². The summed E-state index contributed by atoms with van der Waals surface area (Å²) in [4.78, 5) is 24.5. The molecule has 4 aromatic rings. The summed E-state index contributed by atoms with van der Waals surface area (Å²) >= 11 is 0. The lowest BCUT2D eigenvalue weighted by Crippen LogP contribution is -2.60. The largest absolute Gasteiger partial charge is 0.508 e. The molecule has 5 rings (SSSR count). The lowest BCUT2D eigenvalue weighted by Gasteiger charge is -2.39. The maximum absolute atomic E-state index is 12.8. The monoisotopic (exact) mass is 644 g/mol. The van der Waals surface area contributed by atoms with Crippen LogP contribution < -0.4 is 4.74 Å². The van der Waals surface area contributed by atoms with Gasteiger partial charge >= 0.3 is 0 Å². The minimum Gasteiger partial charge on any atom is -0.508 e. The van der Waals surface area contributed by atoms with Crippen LogP contribution in [0.3, 0.4) is 0 Å². The Labute approximate surface area is 270 Å². The smallest absolute Gasteiger partial charge is 0.229 e. The fourth-order valence-corrected chi connectivity index (χ4v) is 4.73. The summed E-state index contributed by atoms with van der Waals surface area (Å²) in [6, 6.07) is 27.3. The van der Waals surface area contributed by atoms with E-state index in [0.717, 1.165) is 28.8 Å². The minimum atomic E-state index is -1.73. The van der Waals surface area contributed by atoms with E-state index in [2.05, 4.69) is 0 Å². The predicted molar refractivity (Wildman–Crippen MR) is 171 cm³/mol. The molecule has 1 saturated heterocycles. The van der Waals surface area contributed by atoms with Crippen LogP contribution in [-0.4, -0.2) is 84.6 Å². The van der Waals surface area contributed by atoms with Crippen molar-refractivity contribution in [3.8, 4) is 23.0 Å². The molecule has 4 aromatic carbocycles. The van der Waals surface area contributed by atoms with Gasteiger partial charge in [-0.05, 0) is 35.8 Å². The van der Waals surface area contributed by atoms with E-state index in [0.29, 0.717) is 6.42 Å². The number of aromatic hydroxyl groups is 3. The van der Waals surface area contributed by atoms with Gasteiger partial charge in [-0.15, -0.1) is 0 Å². The number of aryl methyl sites for hydroxylation is 1. The molecule has 0 radical (unpaired) electrons. The molecule has 0 saturated carbocycles. The van der Waals surface area contributed by atoms with Crippen LogP contribution in [0.15, 0.2) is 103 Å². The zero-order chi connectivity index (χ0) is 33.9. The number of hydrogen-bond donors (Lipinski definition) is 7. The average molecular weight is 645 g/mol. The number of phenolic OH excluding ortho intramolecular Hbond substituents is 3. The number of hydrogen-bond acceptors (Lipinski definition) is 11. The fourth-order valence-electron chi connectivity index (χ4n) is 4.73. The molecule has 47 heavy (non-hydrogen) atoms. The van der Waals surface area contributed by atoms with Gasteiger partial charge in [-0.3, -0.25) is 9.59 Å². The van der Waals surface area contributed by atoms with E-state index in [1.54, 1.807) is 18.2 Å². The van der Waals surface area contributed by atoms with Gasteiger partial charge in [0.25, 0.3) is 0 Å². The SMILES string of the molecule is O=C(/C=C/c1ccccc1)c1ccccc1.O=C(CCc1ccc(O)cc1)c1c(O)cc(O)cc1O[C@@H]1O[C@H](CO)[C@@H](O)[C@H](O)[C@H]1O. The first-order valence-electron chi connectivity index (χ1n) is 14.7. The number of rotatable bonds is 10. The second-order valence-corrected chi connectivity index (χ2v) is 10.7. The van der Waals surface area contributed by atoms with Crippen LogP contribution in [0.1, 0.15) is 38.3 Å². The molecule has 0 aliphatic carbocycles. The molecule has 5 atom stereocenters. The topological polar surface area (TPSA) is 194 Å². The van der Waals surface area contributed by atoms with Crippen molar-refractivity contribution in [2.24, 2.45) is 0 Å². The molecular weight excluding hydrogens is 608 g/mol. The zero-order valence-corrected chi connectivity index (χ0v) is 25.2. The van der Waals surface area contributed by atoms with E-state index in [1.165, 1.54) is 12.1 Å². The normalized spacial score (nSPS) is 20.6. The van der Waals surface area contributed by atoms with Gasteiger partial charge in [0, 0.05) is 24.1 Å². The summed E-state index contributed by atoms with van der Waals surface area (Å²) < 4.78 is 10.7. The molecule has 0 aromatic heterocycles. The summed E-state index contributed by atoms with van der Waals surface area (Å²) in [6.07, 6.45) is -4.18. The quantitative estimate of drug-likeness (QED) is 0.0988. The Kier molecular flexibility index (Phi) is 12.2. The third-order valence-electron chi connectivity index (χ3n) is 7.30. The number of carbonyl (C=O) groups is 2. The third kappa shape index (κ3) is 9.49. The maximum Gasteiger partial charge on any atom is 0.229 e. The molecule has 0 amide bonds. The number of aliphatic hydroxyl groups is 4. The average Bonchev–Trinajstić information content (AvgIpc) is 3.08. The number of ketones is 2. The molecule has 0 spiro atoms. The summed E-state index contributed by atoms with van der Waals surface area (Å²) in [5.41, 5.74) is 2.25. The van der Waals surface area contributed by atoms with Crippen molar-refractivity contribution in [1.82, 2.24) is 0 Å². The van der Waals surface area contributed by atoms with E-state index in [9.17, 15) is 45.3 Å². The Bertz CT molecular complexity index is 1640. The fraction of sp³-hybridized carbons (Fsp3) is 0.222. The maximum atomic E-state index is 12.8. The molecule has 1 aliphatic rings. The van der Waals surface area contributed by atoms with Gasteiger partial charge in [-0.2, -0.15) is 0 Å². The highest BCUT2D eigenvalue weighted by Crippen LogP contribution is 2.36. The zero-order valence-electron chi connectivity index (χ0n) is 25.2. The number of phenols is 3. The van der Waals surface area contributed by atoms with Crippen molar-refractivity contribution in [2.75, 3.05) is 6.61 Å². The molecule has 11 nitrogen and oxygen atoms in total. The molecule has 0 bridgehead atoms. The van der Waals surface area contributed by atoms with Crippen LogP contribution in [0.2, 0.25) is 0 Å². The van der Waals surface area contributed by atoms with Crippen LogP contribution >= 0.6 is 0 Å². The molecule has 11 heteroatoms. The summed E-state index contributed by atoms with van der Waals surface area (Å²) in [7, 11) is 0. The van der Waals surface area contributed by atoms with E-state index in [1.807, 2.05) is 66.7 Å². The first kappa shape index (κ1) is 34.8. The number of benzene rings is 4. The second kappa shape index (κ2) is 16.5. The number of Topliss-reactive ketones (excluding diaryl/α,β-unsaturated/α-hetero) is 1. The molecule has 7 N–H and O–H groups in total. The highest BCUT2D eigenvalue weighted by molar-refractivity contribution is 6.06. The van der Waals surface area contributed by atoms with Gasteiger partial charge in [0.2, 0.25) is 6.29 Å². The number of ether oxygens (including phenoxy) is 2. The Morgan fingerprint density at radius 3 is 2.04 bits per heavy atom. The van der Waals surface area contributed by atoms with Gasteiger partial charge in [-0.1, -0.05) is 78.9 Å². The van der Waals surface area contributed by atoms with Crippen molar-refractivity contribution in [2.45, 2.75) is 43.5 Å². The minimum absolute atomic E-state index is 0.0319. The standard InChI is InChI=1S/C21H24O10.C15H12O/c22-9-16-18(27)19(28)20(29)21(31-16)30-15-8-12(24)7-14(26)17(15)13(25)6-3-10-1-4-11(23)5-2-10;16-15(14-9-5-2-6-10-14)12-11-13-7-3-1-4-8-13/h1-2,4-5,7-8,16,18-24,26-29H,3,6,9H2;1-12H/b;12-11+/t16-,18-,19+,20-,21-;/m1./s1. The van der Waals surface area contributed by atoms with E-state index >= 15 is 0 Å². The van der Waals surface area contributed by atoms with Gasteiger partial charge in [0.1, 0.15) is 53.0 Å². The number of carbonyl (C=O) groups excluding carboxylic acids is 2. The van der Waals surface area contributed by atoms with Crippen molar-refractivity contribution in [3.05, 3.63) is 125 Å². The number of allylic oxidation sites excluding steroid dienone is 1. The van der Waals surface area contributed by atoms with Gasteiger partial charge in [0.05, 0.1) is 6.61 Å². The highest BCUT2D eigenvalue weighted by atomic mass is 16.7. The van der Waals surface area contributed by atoms with Crippen LogP contribution in [0.25, 0.3) is 6.08 Å². The first-order valence-corrected chi connectivity index (χ1v) is 14.7. The van der Waals surface area contributed by atoms with Crippen LogP contribution in [0.5, 0.6) is 23.0 Å². The molecule has 0 unspecified atom stereocenters. The van der Waals surface area contributed by atoms with Crippen molar-refractivity contribution in [3.63, 3.8) is 0 Å². The number of aliphatic hydroxyl groups excluding tert-OH is 4. The van der Waals surface area contributed by atoms with E-state index < -0.39 is 54.6 Å². The molecule has 1 fully saturated rings. The lowest BCUT2D eigenvalue weighted by atomic mass is 9.99. The van der Waals surface area contributed by atoms with Crippen LogP contribution in [-0.2, 0) is 11.2 Å². The second-order valence-electron chi connectivity index (χ2n) is 10.7. The van der Waals surface area contributed by atoms with Crippen LogP contribution in [0, 0.1) is 0 Å². The van der Waals surface area contributed by atoms with Crippen molar-refractivity contribution >= 4 is 17.6 Å². The summed E-state index contributed by atoms with van der Waals surface area (Å²) in [5, 5.41) is 68.6. The van der Waals surface area contributed by atoms with E-state index in [4.69, 9.17) is 9.47 Å². The van der Waals surface area contributed by atoms with Gasteiger partial charge in [0.15, 0.2) is 11.6 Å². The highest BCUT2D eigenvalue weighted by Gasteiger charge is 2.45. The third-order valence-corrected chi connectivity index (χ3v) is 7.30. The molecule has 246 valence electrons.